The van der Waals surface area contributed by atoms with Crippen LogP contribution in [0, 0.1) is 6.92 Å². The number of Topliss-reactive ketones (excluding diaryl/α,β-unsaturated/α-hetero) is 1. The van der Waals surface area contributed by atoms with Gasteiger partial charge in [-0.3, -0.25) is 14.4 Å². The first-order valence-electron chi connectivity index (χ1n) is 9.14. The van der Waals surface area contributed by atoms with E-state index in [0.717, 1.165) is 17.2 Å². The minimum Gasteiger partial charge on any atom is -0.507 e. The molecule has 4 N–H and O–H groups in total. The minimum atomic E-state index is -0.766. The van der Waals surface area contributed by atoms with Gasteiger partial charge in [-0.1, -0.05) is 36.4 Å². The highest BCUT2D eigenvalue weighted by Gasteiger charge is 2.21. The van der Waals surface area contributed by atoms with Gasteiger partial charge in [0.2, 0.25) is 23.1 Å². The maximum atomic E-state index is 12.2. The Balaban J connectivity index is 0.000000194. The third-order valence-corrected chi connectivity index (χ3v) is 4.62. The van der Waals surface area contributed by atoms with E-state index in [1.165, 1.54) is 24.3 Å². The predicted molar refractivity (Wildman–Crippen MR) is 113 cm³/mol. The summed E-state index contributed by atoms with van der Waals surface area (Å²) in [4.78, 5) is 34.3. The number of rotatable bonds is 2. The highest BCUT2D eigenvalue weighted by molar-refractivity contribution is 6.49. The summed E-state index contributed by atoms with van der Waals surface area (Å²) < 4.78 is 0. The van der Waals surface area contributed by atoms with Gasteiger partial charge in [-0.2, -0.15) is 0 Å². The number of ketones is 3. The Morgan fingerprint density at radius 1 is 0.742 bits per heavy atom. The standard InChI is InChI=1S/C14H12O5.C10H6O2/c1-7-2-3-8(11(16)6-7)12(17)9-4-5-10(15)14(19)13(9)18;11-9-6-5-7-3-1-2-4-8(7)10(9)12/h2-6,15-16,18-19H,1H3;1-6H. The molecule has 0 fully saturated rings. The lowest BCUT2D eigenvalue weighted by molar-refractivity contribution is -0.110. The van der Waals surface area contributed by atoms with Crippen molar-refractivity contribution in [2.24, 2.45) is 0 Å². The molecule has 0 bridgehead atoms. The summed E-state index contributed by atoms with van der Waals surface area (Å²) in [7, 11) is 0. The average molecular weight is 418 g/mol. The van der Waals surface area contributed by atoms with Crippen molar-refractivity contribution in [3.8, 4) is 23.0 Å². The number of benzene rings is 3. The first-order chi connectivity index (χ1) is 14.7. The van der Waals surface area contributed by atoms with Crippen LogP contribution < -0.4 is 0 Å². The summed E-state index contributed by atoms with van der Waals surface area (Å²) in [6.45, 7) is 1.76. The van der Waals surface area contributed by atoms with Crippen molar-refractivity contribution in [3.63, 3.8) is 0 Å². The fourth-order valence-electron chi connectivity index (χ4n) is 2.95. The quantitative estimate of drug-likeness (QED) is 0.284. The molecule has 4 rings (SSSR count). The molecule has 3 aromatic rings. The number of aromatic hydroxyl groups is 4. The van der Waals surface area contributed by atoms with Crippen LogP contribution in [-0.2, 0) is 4.79 Å². The van der Waals surface area contributed by atoms with Crippen LogP contribution >= 0.6 is 0 Å². The van der Waals surface area contributed by atoms with E-state index in [4.69, 9.17) is 0 Å². The zero-order valence-corrected chi connectivity index (χ0v) is 16.4. The topological polar surface area (TPSA) is 132 Å². The predicted octanol–water partition coefficient (Wildman–Crippen LogP) is 3.51. The van der Waals surface area contributed by atoms with Gasteiger partial charge in [0.15, 0.2) is 11.5 Å². The average Bonchev–Trinajstić information content (AvgIpc) is 2.75. The van der Waals surface area contributed by atoms with Crippen molar-refractivity contribution in [1.29, 1.82) is 0 Å². The van der Waals surface area contributed by atoms with Crippen LogP contribution in [0.1, 0.15) is 37.4 Å². The van der Waals surface area contributed by atoms with Gasteiger partial charge in [-0.25, -0.2) is 0 Å². The van der Waals surface area contributed by atoms with Crippen LogP contribution in [0.15, 0.2) is 60.7 Å². The Kier molecular flexibility index (Phi) is 5.88. The van der Waals surface area contributed by atoms with Gasteiger partial charge >= 0.3 is 0 Å². The van der Waals surface area contributed by atoms with Crippen molar-refractivity contribution in [2.45, 2.75) is 6.92 Å². The number of fused-ring (bicyclic) bond motifs is 1. The largest absolute Gasteiger partial charge is 0.507 e. The van der Waals surface area contributed by atoms with Gasteiger partial charge in [0.25, 0.3) is 0 Å². The van der Waals surface area contributed by atoms with Gasteiger partial charge in [0.1, 0.15) is 5.75 Å². The molecule has 0 spiro atoms. The Bertz CT molecular complexity index is 1240. The van der Waals surface area contributed by atoms with Gasteiger partial charge < -0.3 is 20.4 Å². The smallest absolute Gasteiger partial charge is 0.233 e. The van der Waals surface area contributed by atoms with Crippen LogP contribution in [0.5, 0.6) is 23.0 Å². The van der Waals surface area contributed by atoms with Crippen molar-refractivity contribution < 1.29 is 34.8 Å². The monoisotopic (exact) mass is 418 g/mol. The van der Waals surface area contributed by atoms with Crippen LogP contribution in [0.4, 0.5) is 0 Å². The molecule has 31 heavy (non-hydrogen) atoms. The normalized spacial score (nSPS) is 12.0. The maximum Gasteiger partial charge on any atom is 0.233 e. The lowest BCUT2D eigenvalue weighted by atomic mass is 9.96. The van der Waals surface area contributed by atoms with E-state index in [9.17, 15) is 34.8 Å². The number of hydrogen-bond acceptors (Lipinski definition) is 7. The molecule has 0 aliphatic heterocycles. The molecule has 0 heterocycles. The molecule has 3 aromatic carbocycles. The first-order valence-corrected chi connectivity index (χ1v) is 9.14. The minimum absolute atomic E-state index is 0.00555. The van der Waals surface area contributed by atoms with Crippen molar-refractivity contribution >= 4 is 23.4 Å². The highest BCUT2D eigenvalue weighted by atomic mass is 16.3. The molecule has 0 aromatic heterocycles. The molecule has 0 saturated heterocycles. The second-order valence-corrected chi connectivity index (χ2v) is 6.79. The Morgan fingerprint density at radius 2 is 1.42 bits per heavy atom. The molecule has 0 unspecified atom stereocenters. The lowest BCUT2D eigenvalue weighted by Crippen LogP contribution is -2.15. The number of hydrogen-bond donors (Lipinski definition) is 4. The molecule has 0 radical (unpaired) electrons. The van der Waals surface area contributed by atoms with E-state index >= 15 is 0 Å². The summed E-state index contributed by atoms with van der Waals surface area (Å²) in [5.74, 6) is -3.71. The zero-order chi connectivity index (χ0) is 22.7. The summed E-state index contributed by atoms with van der Waals surface area (Å²) in [5, 5.41) is 37.9. The fourth-order valence-corrected chi connectivity index (χ4v) is 2.95. The third kappa shape index (κ3) is 4.30. The molecule has 7 nitrogen and oxygen atoms in total. The number of allylic oxidation sites excluding steroid dienone is 1. The fraction of sp³-hybridized carbons (Fsp3) is 0.0417. The van der Waals surface area contributed by atoms with Crippen molar-refractivity contribution in [2.75, 3.05) is 0 Å². The molecular formula is C24H18O7. The molecule has 1 aliphatic carbocycles. The Labute approximate surface area is 177 Å². The lowest BCUT2D eigenvalue weighted by Gasteiger charge is -2.08. The number of aryl methyl sites for hydroxylation is 1. The van der Waals surface area contributed by atoms with Crippen LogP contribution in [0.2, 0.25) is 0 Å². The molecule has 1 aliphatic rings. The SMILES string of the molecule is Cc1ccc(C(=O)c2ccc(O)c(O)c2O)c(O)c1.O=C1C=Cc2ccccc2C1=O. The molecule has 0 amide bonds. The van der Waals surface area contributed by atoms with E-state index < -0.39 is 34.6 Å². The second kappa shape index (κ2) is 8.54. The summed E-state index contributed by atoms with van der Waals surface area (Å²) in [6, 6.07) is 13.8. The zero-order valence-electron chi connectivity index (χ0n) is 16.4. The molecule has 0 saturated carbocycles. The summed E-state index contributed by atoms with van der Waals surface area (Å²) >= 11 is 0. The van der Waals surface area contributed by atoms with E-state index in [1.54, 1.807) is 31.2 Å². The maximum absolute atomic E-state index is 12.2. The molecule has 156 valence electrons. The molecule has 7 heteroatoms. The number of carbonyl (C=O) groups excluding carboxylic acids is 3. The summed E-state index contributed by atoms with van der Waals surface area (Å²) in [5.41, 5.74) is 1.92. The van der Waals surface area contributed by atoms with Crippen LogP contribution in [0.3, 0.4) is 0 Å². The van der Waals surface area contributed by atoms with E-state index in [2.05, 4.69) is 0 Å². The Morgan fingerprint density at radius 3 is 2.13 bits per heavy atom. The third-order valence-electron chi connectivity index (χ3n) is 4.62. The van der Waals surface area contributed by atoms with Crippen LogP contribution in [0.25, 0.3) is 6.08 Å². The first kappa shape index (κ1) is 21.3. The van der Waals surface area contributed by atoms with Gasteiger partial charge in [-0.05, 0) is 48.4 Å². The van der Waals surface area contributed by atoms with Gasteiger partial charge in [0, 0.05) is 5.56 Å². The van der Waals surface area contributed by atoms with Gasteiger partial charge in [-0.15, -0.1) is 0 Å². The van der Waals surface area contributed by atoms with E-state index in [-0.39, 0.29) is 16.9 Å². The van der Waals surface area contributed by atoms with Gasteiger partial charge in [0.05, 0.1) is 11.1 Å². The number of phenols is 4. The van der Waals surface area contributed by atoms with Crippen molar-refractivity contribution in [3.05, 3.63) is 88.5 Å². The van der Waals surface area contributed by atoms with Crippen molar-refractivity contribution in [1.82, 2.24) is 0 Å². The van der Waals surface area contributed by atoms with Crippen LogP contribution in [-0.4, -0.2) is 37.8 Å². The summed E-state index contributed by atoms with van der Waals surface area (Å²) in [6.07, 6.45) is 2.98. The number of carbonyl (C=O) groups is 3. The number of phenolic OH excluding ortho intramolecular Hbond substituents is 4. The molecular weight excluding hydrogens is 400 g/mol. The Hall–Kier alpha value is -4.39. The highest BCUT2D eigenvalue weighted by Crippen LogP contribution is 2.38. The second-order valence-electron chi connectivity index (χ2n) is 6.79. The van der Waals surface area contributed by atoms with E-state index in [0.29, 0.717) is 5.56 Å². The molecule has 0 atom stereocenters. The van der Waals surface area contributed by atoms with E-state index in [1.807, 2.05) is 12.1 Å².